The monoisotopic (exact) mass is 792 g/mol. The van der Waals surface area contributed by atoms with E-state index in [2.05, 4.69) is 48.8 Å². The lowest BCUT2D eigenvalue weighted by Crippen LogP contribution is -2.72. The van der Waals surface area contributed by atoms with Crippen LogP contribution in [0.4, 0.5) is 0 Å². The van der Waals surface area contributed by atoms with Crippen LogP contribution in [0.2, 0.25) is 0 Å². The first-order chi connectivity index (χ1) is 26.9. The Kier molecular flexibility index (Phi) is 10.5. The summed E-state index contributed by atoms with van der Waals surface area (Å²) in [7, 11) is 0. The number of ketones is 1. The molecule has 11 nitrogen and oxygen atoms in total. The molecule has 7 aliphatic carbocycles. The van der Waals surface area contributed by atoms with Gasteiger partial charge < -0.3 is 51.7 Å². The van der Waals surface area contributed by atoms with E-state index < -0.39 is 75.2 Å². The summed E-state index contributed by atoms with van der Waals surface area (Å²) in [5.74, 6) is -1.43. The Balaban J connectivity index is 1.26. The average Bonchev–Trinajstić information content (AvgIpc) is 3.57. The lowest BCUT2D eigenvalue weighted by Gasteiger charge is -2.71. The number of rotatable bonds is 12. The number of fused-ring (bicyclic) bond motifs is 2. The molecule has 0 aromatic carbocycles. The Morgan fingerprint density at radius 3 is 2.58 bits per heavy atom. The van der Waals surface area contributed by atoms with Gasteiger partial charge in [-0.3, -0.25) is 4.79 Å². The SMILES string of the molecule is CCCCCCC1COC(C(O)C(C)(O)C2CCC3(O)C4=C(NCC(C)O)C(=O)C5CC(O)C(O)CC56CC5(C7=CNC(N)C=C7)C=CC(CC23C)C46C=C5)C1C. The van der Waals surface area contributed by atoms with Gasteiger partial charge in [-0.15, -0.1) is 0 Å². The Bertz CT molecular complexity index is 1760. The zero-order chi connectivity index (χ0) is 40.9. The first-order valence-corrected chi connectivity index (χ1v) is 22.0. The molecule has 9 rings (SSSR count). The van der Waals surface area contributed by atoms with Crippen LogP contribution in [0.5, 0.6) is 0 Å². The summed E-state index contributed by atoms with van der Waals surface area (Å²) in [6.07, 6.45) is 17.1. The number of Topliss-reactive ketones (excluding diaryl/α,β-unsaturated/α-hetero) is 1. The molecule has 4 fully saturated rings. The van der Waals surface area contributed by atoms with Crippen molar-refractivity contribution in [2.24, 2.45) is 57.0 Å². The zero-order valence-electron chi connectivity index (χ0n) is 34.7. The first-order valence-electron chi connectivity index (χ1n) is 22.0. The summed E-state index contributed by atoms with van der Waals surface area (Å²) in [6.45, 7) is 10.3. The summed E-state index contributed by atoms with van der Waals surface area (Å²) in [5.41, 5.74) is 1.19. The van der Waals surface area contributed by atoms with E-state index in [1.54, 1.807) is 13.8 Å². The van der Waals surface area contributed by atoms with Crippen molar-refractivity contribution in [2.45, 2.75) is 153 Å². The zero-order valence-corrected chi connectivity index (χ0v) is 34.7. The molecule has 9 aliphatic rings. The number of hydrogen-bond acceptors (Lipinski definition) is 11. The van der Waals surface area contributed by atoms with Crippen LogP contribution in [0, 0.1) is 51.2 Å². The minimum atomic E-state index is -1.65. The number of carbonyl (C=O) groups excluding carboxylic acids is 1. The van der Waals surface area contributed by atoms with Crippen LogP contribution in [0.25, 0.3) is 0 Å². The van der Waals surface area contributed by atoms with Gasteiger partial charge in [-0.2, -0.15) is 0 Å². The molecule has 0 aromatic rings. The fourth-order valence-corrected chi connectivity index (χ4v) is 14.1. The summed E-state index contributed by atoms with van der Waals surface area (Å²) in [6, 6.07) is 0. The van der Waals surface area contributed by atoms with Gasteiger partial charge in [-0.1, -0.05) is 76.8 Å². The van der Waals surface area contributed by atoms with Gasteiger partial charge in [0.05, 0.1) is 54.1 Å². The van der Waals surface area contributed by atoms with Crippen molar-refractivity contribution in [2.75, 3.05) is 13.2 Å². The van der Waals surface area contributed by atoms with Crippen LogP contribution >= 0.6 is 0 Å². The number of hydrogen-bond donors (Lipinski definition) is 9. The van der Waals surface area contributed by atoms with E-state index in [-0.39, 0.29) is 55.3 Å². The van der Waals surface area contributed by atoms with Gasteiger partial charge in [0, 0.05) is 34.9 Å². The minimum absolute atomic E-state index is 0.0457. The van der Waals surface area contributed by atoms with E-state index in [4.69, 9.17) is 10.5 Å². The van der Waals surface area contributed by atoms with Gasteiger partial charge in [0.15, 0.2) is 5.78 Å². The molecule has 17 atom stereocenters. The van der Waals surface area contributed by atoms with Crippen LogP contribution < -0.4 is 16.4 Å². The Morgan fingerprint density at radius 2 is 1.88 bits per heavy atom. The Morgan fingerprint density at radius 1 is 1.11 bits per heavy atom. The topological polar surface area (TPSA) is 198 Å². The maximum atomic E-state index is 15.3. The normalized spacial score (nSPS) is 47.7. The van der Waals surface area contributed by atoms with Crippen LogP contribution in [0.1, 0.15) is 105 Å². The minimum Gasteiger partial charge on any atom is -0.392 e. The van der Waals surface area contributed by atoms with E-state index in [9.17, 15) is 30.6 Å². The van der Waals surface area contributed by atoms with E-state index >= 15 is 4.79 Å². The molecule has 0 amide bonds. The third-order valence-electron chi connectivity index (χ3n) is 17.1. The highest BCUT2D eigenvalue weighted by molar-refractivity contribution is 6.01. The molecule has 3 saturated carbocycles. The highest BCUT2D eigenvalue weighted by atomic mass is 16.5. The number of aliphatic hydroxyl groups is 6. The highest BCUT2D eigenvalue weighted by Crippen LogP contribution is 2.80. The van der Waals surface area contributed by atoms with Gasteiger partial charge in [0.1, 0.15) is 6.10 Å². The molecule has 0 radical (unpaired) electrons. The van der Waals surface area contributed by atoms with Crippen LogP contribution in [0.3, 0.4) is 0 Å². The number of nitrogens with one attached hydrogen (secondary N) is 2. The second kappa shape index (κ2) is 14.4. The maximum absolute atomic E-state index is 15.3. The van der Waals surface area contributed by atoms with Crippen molar-refractivity contribution in [3.8, 4) is 0 Å². The molecule has 2 bridgehead atoms. The number of aliphatic hydroxyl groups excluding tert-OH is 4. The third-order valence-corrected chi connectivity index (χ3v) is 17.1. The van der Waals surface area contributed by atoms with E-state index in [0.29, 0.717) is 37.4 Å². The van der Waals surface area contributed by atoms with Crippen LogP contribution in [-0.4, -0.2) is 97.5 Å². The second-order valence-electron chi connectivity index (χ2n) is 20.2. The second-order valence-corrected chi connectivity index (χ2v) is 20.2. The predicted molar refractivity (Wildman–Crippen MR) is 217 cm³/mol. The predicted octanol–water partition coefficient (Wildman–Crippen LogP) is 3.64. The smallest absolute Gasteiger partial charge is 0.182 e. The number of dihydropyridines is 1. The molecule has 10 N–H and O–H groups in total. The summed E-state index contributed by atoms with van der Waals surface area (Å²) >= 11 is 0. The van der Waals surface area contributed by atoms with Crippen LogP contribution in [0.15, 0.2) is 59.5 Å². The molecule has 57 heavy (non-hydrogen) atoms. The van der Waals surface area contributed by atoms with Crippen LogP contribution in [-0.2, 0) is 9.53 Å². The standard InChI is InChI=1S/C46H69N3O8/c1-6-7-8-9-10-28-24-57-38(27(28)3)40(54)42(5,55)34-14-16-46(56)39-36(49-22-26(2)50)37(53)31-19-32(51)33(52)21-44(31)25-43(30-11-12-35(47)48-23-30)15-13-29(20-41(34,46)4)45(39,44)18-17-43/h11-13,15,17-18,23,26-29,31-35,38,40,48-52,54-56H,6-10,14,16,19-22,24-25,47H2,1-5H3. The highest BCUT2D eigenvalue weighted by Gasteiger charge is 2.79. The molecule has 2 spiro atoms. The molecule has 316 valence electrons. The van der Waals surface area contributed by atoms with Gasteiger partial charge >= 0.3 is 0 Å². The molecular weight excluding hydrogens is 723 g/mol. The fraction of sp³-hybridized carbons (Fsp3) is 0.761. The lowest BCUT2D eigenvalue weighted by atomic mass is 9.33. The lowest BCUT2D eigenvalue weighted by molar-refractivity contribution is -0.213. The van der Waals surface area contributed by atoms with E-state index in [0.717, 1.165) is 18.4 Å². The molecule has 0 aromatic heterocycles. The number of unbranched alkanes of at least 4 members (excludes halogenated alkanes) is 3. The summed E-state index contributed by atoms with van der Waals surface area (Å²) < 4.78 is 6.33. The maximum Gasteiger partial charge on any atom is 0.182 e. The van der Waals surface area contributed by atoms with Gasteiger partial charge in [0.25, 0.3) is 0 Å². The van der Waals surface area contributed by atoms with E-state index in [1.807, 2.05) is 25.3 Å². The molecule has 17 unspecified atom stereocenters. The fourth-order valence-electron chi connectivity index (χ4n) is 14.1. The molecule has 2 heterocycles. The van der Waals surface area contributed by atoms with Crippen molar-refractivity contribution in [3.63, 3.8) is 0 Å². The summed E-state index contributed by atoms with van der Waals surface area (Å²) in [5, 5.41) is 78.9. The largest absolute Gasteiger partial charge is 0.392 e. The van der Waals surface area contributed by atoms with Crippen molar-refractivity contribution >= 4 is 5.78 Å². The van der Waals surface area contributed by atoms with Gasteiger partial charge in [-0.25, -0.2) is 0 Å². The molecule has 11 heteroatoms. The van der Waals surface area contributed by atoms with Crippen molar-refractivity contribution in [1.82, 2.24) is 10.6 Å². The first kappa shape index (κ1) is 41.4. The van der Waals surface area contributed by atoms with Gasteiger partial charge in [-0.05, 0) is 105 Å². The number of nitrogens with two attached hydrogens (primary N) is 1. The van der Waals surface area contributed by atoms with Gasteiger partial charge in [0.2, 0.25) is 0 Å². The van der Waals surface area contributed by atoms with Crippen molar-refractivity contribution in [3.05, 3.63) is 59.5 Å². The molecule has 1 saturated heterocycles. The third kappa shape index (κ3) is 5.83. The molecular formula is C46H69N3O8. The Labute approximate surface area is 338 Å². The molecule has 2 aliphatic heterocycles. The number of ether oxygens (including phenoxy) is 1. The van der Waals surface area contributed by atoms with Crippen molar-refractivity contribution in [1.29, 1.82) is 0 Å². The number of allylic oxidation sites excluding steroid dienone is 7. The van der Waals surface area contributed by atoms with E-state index in [1.165, 1.54) is 19.3 Å². The number of carbonyl (C=O) groups is 1. The Hall–Kier alpha value is -2.35. The quantitative estimate of drug-likeness (QED) is 0.103. The van der Waals surface area contributed by atoms with Crippen molar-refractivity contribution < 1.29 is 40.2 Å². The summed E-state index contributed by atoms with van der Waals surface area (Å²) in [4.78, 5) is 15.3. The average molecular weight is 792 g/mol.